The highest BCUT2D eigenvalue weighted by Gasteiger charge is 2.18. The molecule has 1 unspecified atom stereocenters. The molecule has 0 radical (unpaired) electrons. The van der Waals surface area contributed by atoms with Gasteiger partial charge in [0.1, 0.15) is 11.5 Å². The van der Waals surface area contributed by atoms with Crippen molar-refractivity contribution >= 4 is 23.6 Å². The van der Waals surface area contributed by atoms with Crippen molar-refractivity contribution in [3.05, 3.63) is 58.7 Å². The van der Waals surface area contributed by atoms with Crippen LogP contribution in [0.1, 0.15) is 155 Å². The number of benzene rings is 2. The number of aryl methyl sites for hydroxylation is 2. The smallest absolute Gasteiger partial charge is 0.273 e. The maximum Gasteiger partial charge on any atom is 0.273 e. The average Bonchev–Trinajstić information content (AvgIpc) is 3.07. The average molecular weight is 667 g/mol. The summed E-state index contributed by atoms with van der Waals surface area (Å²) >= 11 is 0. The van der Waals surface area contributed by atoms with Crippen LogP contribution >= 0.6 is 0 Å². The van der Waals surface area contributed by atoms with Gasteiger partial charge in [-0.1, -0.05) is 97.1 Å². The third-order valence-corrected chi connectivity index (χ3v) is 8.69. The van der Waals surface area contributed by atoms with Gasteiger partial charge in [-0.05, 0) is 80.3 Å². The maximum atomic E-state index is 12.7. The normalized spacial score (nSPS) is 11.5. The van der Waals surface area contributed by atoms with E-state index >= 15 is 0 Å². The number of carbonyl (C=O) groups excluding carboxylic acids is 4. The van der Waals surface area contributed by atoms with E-state index in [1.807, 2.05) is 19.1 Å². The second-order valence-electron chi connectivity index (χ2n) is 12.7. The van der Waals surface area contributed by atoms with Crippen molar-refractivity contribution in [2.75, 3.05) is 0 Å². The minimum absolute atomic E-state index is 0.0989. The first-order chi connectivity index (χ1) is 23.2. The number of amides is 4. The molecule has 4 amide bonds. The van der Waals surface area contributed by atoms with Crippen molar-refractivity contribution in [2.24, 2.45) is 5.92 Å². The van der Waals surface area contributed by atoms with Crippen molar-refractivity contribution in [1.29, 1.82) is 0 Å². The molecule has 2 aromatic carbocycles. The zero-order valence-electron chi connectivity index (χ0n) is 29.3. The van der Waals surface area contributed by atoms with Crippen LogP contribution in [0.25, 0.3) is 0 Å². The summed E-state index contributed by atoms with van der Waals surface area (Å²) in [6.45, 7) is 6.25. The van der Waals surface area contributed by atoms with Crippen LogP contribution in [0, 0.1) is 5.92 Å². The molecule has 48 heavy (non-hydrogen) atoms. The molecule has 2 rings (SSSR count). The number of nitrogens with one attached hydrogen (secondary N) is 4. The van der Waals surface area contributed by atoms with E-state index in [1.54, 1.807) is 24.3 Å². The van der Waals surface area contributed by atoms with Gasteiger partial charge in [-0.15, -0.1) is 0 Å². The van der Waals surface area contributed by atoms with Crippen LogP contribution in [-0.2, 0) is 22.4 Å². The second-order valence-corrected chi connectivity index (χ2v) is 12.7. The fraction of sp³-hybridized carbons (Fsp3) is 0.579. The van der Waals surface area contributed by atoms with E-state index in [2.05, 4.69) is 35.6 Å². The lowest BCUT2D eigenvalue weighted by Crippen LogP contribution is -2.44. The number of hydrazine groups is 2. The maximum absolute atomic E-state index is 12.7. The Labute approximate surface area is 286 Å². The molecule has 2 aromatic rings. The van der Waals surface area contributed by atoms with Crippen LogP contribution < -0.4 is 21.7 Å². The molecule has 6 N–H and O–H groups in total. The van der Waals surface area contributed by atoms with E-state index in [0.29, 0.717) is 19.3 Å². The van der Waals surface area contributed by atoms with E-state index < -0.39 is 11.8 Å². The van der Waals surface area contributed by atoms with Crippen molar-refractivity contribution in [3.8, 4) is 11.5 Å². The van der Waals surface area contributed by atoms with Gasteiger partial charge in [0.05, 0.1) is 11.1 Å². The number of rotatable bonds is 22. The van der Waals surface area contributed by atoms with Gasteiger partial charge in [0.2, 0.25) is 11.8 Å². The molecule has 0 spiro atoms. The number of hydrogen-bond donors (Lipinski definition) is 6. The molecule has 1 atom stereocenters. The molecule has 10 heteroatoms. The van der Waals surface area contributed by atoms with E-state index in [4.69, 9.17) is 0 Å². The Morgan fingerprint density at radius 2 is 1.06 bits per heavy atom. The topological polar surface area (TPSA) is 157 Å². The summed E-state index contributed by atoms with van der Waals surface area (Å²) in [5.41, 5.74) is 11.9. The summed E-state index contributed by atoms with van der Waals surface area (Å²) in [5, 5.41) is 20.6. The molecule has 0 aliphatic rings. The molecular formula is C38H58N4O6. The van der Waals surface area contributed by atoms with Crippen LogP contribution in [0.5, 0.6) is 11.5 Å². The molecule has 0 saturated heterocycles. The monoisotopic (exact) mass is 666 g/mol. The van der Waals surface area contributed by atoms with Crippen LogP contribution in [0.4, 0.5) is 0 Å². The molecule has 0 aliphatic heterocycles. The number of aromatic hydroxyl groups is 2. The summed E-state index contributed by atoms with van der Waals surface area (Å²) in [6, 6.07) is 10.1. The van der Waals surface area contributed by atoms with Crippen molar-refractivity contribution in [3.63, 3.8) is 0 Å². The first kappa shape index (κ1) is 40.1. The minimum atomic E-state index is -0.562. The number of hydrogen-bond acceptors (Lipinski definition) is 6. The molecule has 10 nitrogen and oxygen atoms in total. The summed E-state index contributed by atoms with van der Waals surface area (Å²) < 4.78 is 0. The SMILES string of the molecule is CCCCCCc1ccc(C(=O)NNC(=O)CCCCCCCC(CC)C(=O)NNC(=O)c2ccc(CCCCCC)cc2O)c(O)c1. The summed E-state index contributed by atoms with van der Waals surface area (Å²) in [7, 11) is 0. The standard InChI is InChI=1S/C38H58N4O6/c1-4-7-9-14-18-28-22-24-31(33(43)26-28)37(47)41-39-35(45)21-17-13-11-12-16-20-30(6-3)36(46)40-42-38(48)32-25-23-29(27-34(32)44)19-15-10-8-5-2/h22-27,30,43-44H,4-21H2,1-3H3,(H,39,45)(H,40,46)(H,41,47)(H,42,48). The highest BCUT2D eigenvalue weighted by Crippen LogP contribution is 2.22. The van der Waals surface area contributed by atoms with Crippen LogP contribution in [0.2, 0.25) is 0 Å². The van der Waals surface area contributed by atoms with Gasteiger partial charge in [0, 0.05) is 12.3 Å². The summed E-state index contributed by atoms with van der Waals surface area (Å²) in [4.78, 5) is 49.9. The highest BCUT2D eigenvalue weighted by atomic mass is 16.3. The number of unbranched alkanes of at least 4 members (excludes halogenated alkanes) is 10. The Morgan fingerprint density at radius 1 is 0.583 bits per heavy atom. The van der Waals surface area contributed by atoms with Crippen molar-refractivity contribution in [1.82, 2.24) is 21.7 Å². The first-order valence-corrected chi connectivity index (χ1v) is 18.0. The van der Waals surface area contributed by atoms with Gasteiger partial charge >= 0.3 is 0 Å². The van der Waals surface area contributed by atoms with E-state index in [1.165, 1.54) is 12.8 Å². The molecule has 0 bridgehead atoms. The zero-order valence-corrected chi connectivity index (χ0v) is 29.3. The second kappa shape index (κ2) is 23.3. The van der Waals surface area contributed by atoms with Crippen molar-refractivity contribution < 1.29 is 29.4 Å². The predicted octanol–water partition coefficient (Wildman–Crippen LogP) is 7.32. The van der Waals surface area contributed by atoms with Gasteiger partial charge in [0.15, 0.2) is 0 Å². The largest absolute Gasteiger partial charge is 0.507 e. The number of phenolic OH excluding ortho intramolecular Hbond substituents is 2. The summed E-state index contributed by atoms with van der Waals surface area (Å²) in [6.07, 6.45) is 16.4. The Balaban J connectivity index is 1.59. The zero-order chi connectivity index (χ0) is 35.1. The third-order valence-electron chi connectivity index (χ3n) is 8.69. The third kappa shape index (κ3) is 15.2. The molecular weight excluding hydrogens is 608 g/mol. The Kier molecular flexibility index (Phi) is 19.4. The lowest BCUT2D eigenvalue weighted by atomic mass is 9.97. The van der Waals surface area contributed by atoms with Gasteiger partial charge < -0.3 is 10.2 Å². The van der Waals surface area contributed by atoms with E-state index in [9.17, 15) is 29.4 Å². The van der Waals surface area contributed by atoms with Gasteiger partial charge in [-0.3, -0.25) is 40.9 Å². The van der Waals surface area contributed by atoms with Gasteiger partial charge in [-0.2, -0.15) is 0 Å². The summed E-state index contributed by atoms with van der Waals surface area (Å²) in [5.74, 6) is -2.13. The molecule has 266 valence electrons. The van der Waals surface area contributed by atoms with Gasteiger partial charge in [-0.25, -0.2) is 0 Å². The van der Waals surface area contributed by atoms with E-state index in [0.717, 1.165) is 88.2 Å². The van der Waals surface area contributed by atoms with Crippen LogP contribution in [-0.4, -0.2) is 33.8 Å². The first-order valence-electron chi connectivity index (χ1n) is 18.0. The number of phenols is 2. The fourth-order valence-electron chi connectivity index (χ4n) is 5.63. The van der Waals surface area contributed by atoms with Crippen molar-refractivity contribution in [2.45, 2.75) is 136 Å². The Morgan fingerprint density at radius 3 is 1.56 bits per heavy atom. The highest BCUT2D eigenvalue weighted by molar-refractivity contribution is 5.98. The quantitative estimate of drug-likeness (QED) is 0.0571. The van der Waals surface area contributed by atoms with Crippen LogP contribution in [0.3, 0.4) is 0 Å². The van der Waals surface area contributed by atoms with E-state index in [-0.39, 0.29) is 46.8 Å². The minimum Gasteiger partial charge on any atom is -0.507 e. The molecule has 0 aromatic heterocycles. The predicted molar refractivity (Wildman–Crippen MR) is 189 cm³/mol. The molecule has 0 fully saturated rings. The lowest BCUT2D eigenvalue weighted by molar-refractivity contribution is -0.126. The fourth-order valence-corrected chi connectivity index (χ4v) is 5.63. The van der Waals surface area contributed by atoms with Gasteiger partial charge in [0.25, 0.3) is 11.8 Å². The Bertz CT molecular complexity index is 1300. The molecule has 0 heterocycles. The number of carbonyl (C=O) groups is 4. The molecule has 0 saturated carbocycles. The van der Waals surface area contributed by atoms with Crippen LogP contribution in [0.15, 0.2) is 36.4 Å². The Hall–Kier alpha value is -4.08. The lowest BCUT2D eigenvalue weighted by Gasteiger charge is -2.16. The molecule has 0 aliphatic carbocycles.